The first-order valence-corrected chi connectivity index (χ1v) is 18.2. The number of carbonyl (C=O) groups excluding carboxylic acids is 2. The molecular weight excluding hydrogens is 674 g/mol. The molecule has 0 spiro atoms. The Hall–Kier alpha value is -4.20. The fourth-order valence-electron chi connectivity index (χ4n) is 7.34. The van der Waals surface area contributed by atoms with Gasteiger partial charge in [-0.15, -0.1) is 0 Å². The molecule has 3 aliphatic rings. The average molecular weight is 716 g/mol. The van der Waals surface area contributed by atoms with Gasteiger partial charge in [0.2, 0.25) is 11.9 Å². The second-order valence-corrected chi connectivity index (χ2v) is 14.2. The maximum Gasteiger partial charge on any atom is 0.421 e. The summed E-state index contributed by atoms with van der Waals surface area (Å²) in [7, 11) is 0.307. The topological polar surface area (TPSA) is 140 Å². The van der Waals surface area contributed by atoms with Gasteiger partial charge in [-0.1, -0.05) is 12.1 Å². The molecule has 3 N–H and O–H groups in total. The molecule has 16 heteroatoms. The van der Waals surface area contributed by atoms with Crippen molar-refractivity contribution in [3.8, 4) is 5.75 Å². The Labute approximate surface area is 288 Å². The predicted octanol–water partition coefficient (Wildman–Crippen LogP) is 5.73. The zero-order chi connectivity index (χ0) is 35.7. The number of hydrogen-bond donors (Lipinski definition) is 3. The molecule has 0 bridgehead atoms. The molecule has 6 rings (SSSR count). The predicted molar refractivity (Wildman–Crippen MR) is 183 cm³/mol. The minimum Gasteiger partial charge on any atom is -0.495 e. The molecule has 268 valence electrons. The molecule has 50 heavy (non-hydrogen) atoms. The Bertz CT molecular complexity index is 1790. The summed E-state index contributed by atoms with van der Waals surface area (Å²) in [5.41, 5.74) is 2.23. The van der Waals surface area contributed by atoms with E-state index in [0.29, 0.717) is 35.6 Å². The molecule has 3 aromatic rings. The van der Waals surface area contributed by atoms with Crippen LogP contribution in [-0.4, -0.2) is 87.8 Å². The smallest absolute Gasteiger partial charge is 0.421 e. The largest absolute Gasteiger partial charge is 0.495 e. The van der Waals surface area contributed by atoms with Gasteiger partial charge >= 0.3 is 6.18 Å². The molecule has 1 unspecified atom stereocenters. The number of halogens is 3. The van der Waals surface area contributed by atoms with Gasteiger partial charge in [0, 0.05) is 65.1 Å². The molecule has 0 radical (unpaired) electrons. The molecular formula is C34H41F3N7O5P. The third-order valence-corrected chi connectivity index (χ3v) is 10.6. The van der Waals surface area contributed by atoms with Gasteiger partial charge in [0.1, 0.15) is 17.1 Å². The van der Waals surface area contributed by atoms with Crippen LogP contribution in [0.15, 0.2) is 36.5 Å². The van der Waals surface area contributed by atoms with Gasteiger partial charge in [0.25, 0.3) is 5.91 Å². The lowest BCUT2D eigenvalue weighted by Crippen LogP contribution is -2.52. The van der Waals surface area contributed by atoms with Crippen molar-refractivity contribution < 1.29 is 37.0 Å². The van der Waals surface area contributed by atoms with E-state index < -0.39 is 25.6 Å². The van der Waals surface area contributed by atoms with Gasteiger partial charge in [0.05, 0.1) is 24.0 Å². The highest BCUT2D eigenvalue weighted by Crippen LogP contribution is 2.43. The Morgan fingerprint density at radius 3 is 2.40 bits per heavy atom. The van der Waals surface area contributed by atoms with Crippen molar-refractivity contribution in [2.24, 2.45) is 0 Å². The summed E-state index contributed by atoms with van der Waals surface area (Å²) in [6, 6.07) is 8.75. The minimum atomic E-state index is -4.79. The highest BCUT2D eigenvalue weighted by atomic mass is 31.1. The van der Waals surface area contributed by atoms with Crippen LogP contribution in [0.3, 0.4) is 0 Å². The summed E-state index contributed by atoms with van der Waals surface area (Å²) in [6.07, 6.45) is -0.324. The number of alkyl halides is 3. The average Bonchev–Trinajstić information content (AvgIpc) is 3.38. The van der Waals surface area contributed by atoms with Crippen LogP contribution in [0.1, 0.15) is 71.1 Å². The van der Waals surface area contributed by atoms with Gasteiger partial charge in [-0.25, -0.2) is 4.98 Å². The van der Waals surface area contributed by atoms with E-state index in [1.807, 2.05) is 11.0 Å². The van der Waals surface area contributed by atoms with Crippen molar-refractivity contribution in [2.45, 2.75) is 63.4 Å². The van der Waals surface area contributed by atoms with E-state index in [1.165, 1.54) is 7.11 Å². The van der Waals surface area contributed by atoms with E-state index in [1.54, 1.807) is 43.1 Å². The molecule has 2 amide bonds. The lowest BCUT2D eigenvalue weighted by molar-refractivity contribution is -0.137. The van der Waals surface area contributed by atoms with Crippen molar-refractivity contribution >= 4 is 43.0 Å². The van der Waals surface area contributed by atoms with E-state index in [-0.39, 0.29) is 41.3 Å². The molecule has 1 saturated heterocycles. The Balaban J connectivity index is 1.24. The third-order valence-electron chi connectivity index (χ3n) is 9.93. The second-order valence-electron chi connectivity index (χ2n) is 13.1. The molecule has 1 aliphatic carbocycles. The zero-order valence-corrected chi connectivity index (χ0v) is 29.1. The number of piperazine rings is 1. The number of hydrogen-bond acceptors (Lipinski definition) is 9. The summed E-state index contributed by atoms with van der Waals surface area (Å²) in [4.78, 5) is 48.5. The number of methoxy groups -OCH3 is 1. The van der Waals surface area contributed by atoms with Crippen LogP contribution in [0.4, 0.5) is 36.3 Å². The van der Waals surface area contributed by atoms with Crippen LogP contribution in [0.2, 0.25) is 0 Å². The Kier molecular flexibility index (Phi) is 10.4. The van der Waals surface area contributed by atoms with Crippen LogP contribution in [-0.2, 0) is 28.2 Å². The van der Waals surface area contributed by atoms with Gasteiger partial charge < -0.3 is 30.1 Å². The maximum absolute atomic E-state index is 14.2. The van der Waals surface area contributed by atoms with Crippen LogP contribution >= 0.6 is 8.03 Å². The molecule has 3 heterocycles. The number of carbonyl (C=O) groups is 2. The van der Waals surface area contributed by atoms with Crippen molar-refractivity contribution in [3.63, 3.8) is 0 Å². The second kappa shape index (κ2) is 14.6. The lowest BCUT2D eigenvalue weighted by atomic mass is 9.78. The van der Waals surface area contributed by atoms with Crippen LogP contribution in [0.25, 0.3) is 0 Å². The minimum absolute atomic E-state index is 0.0504. The Morgan fingerprint density at radius 1 is 1.06 bits per heavy atom. The standard InChI is InChI=1S/C34H41F3N7O5P/c1-20(45)43-12-14-44(15-13-43)23-7-5-22(6-8-23)24-9-11-28(30-25(24)18-42(2)32(30)46)39-31-26(34(35,36)37)17-38-33(41-31)40-27-10-4-21(19-50(47)48)16-29(27)49-3/h4,9-11,16-17,22-23,50H,5-8,12-15,18-19H2,1-3H3,(H,47,48)(H2,38,39,40,41)/t22-,23-. The number of anilines is 4. The van der Waals surface area contributed by atoms with Crippen molar-refractivity contribution in [3.05, 3.63) is 64.3 Å². The number of ether oxygens (including phenoxy) is 1. The van der Waals surface area contributed by atoms with Crippen molar-refractivity contribution in [1.82, 2.24) is 24.7 Å². The summed E-state index contributed by atoms with van der Waals surface area (Å²) in [5.74, 6) is -0.347. The van der Waals surface area contributed by atoms with Crippen LogP contribution in [0.5, 0.6) is 5.75 Å². The maximum atomic E-state index is 14.2. The molecule has 1 aromatic heterocycles. The molecule has 2 fully saturated rings. The molecule has 2 aliphatic heterocycles. The summed E-state index contributed by atoms with van der Waals surface area (Å²) in [5, 5.41) is 5.70. The number of benzene rings is 2. The number of aromatic nitrogens is 2. The van der Waals surface area contributed by atoms with Crippen LogP contribution in [0, 0.1) is 0 Å². The number of fused-ring (bicyclic) bond motifs is 1. The van der Waals surface area contributed by atoms with E-state index in [2.05, 4.69) is 25.5 Å². The van der Waals surface area contributed by atoms with Gasteiger partial charge in [-0.05, 0) is 66.5 Å². The van der Waals surface area contributed by atoms with Crippen molar-refractivity contribution in [2.75, 3.05) is 51.0 Å². The van der Waals surface area contributed by atoms with E-state index in [9.17, 15) is 32.2 Å². The highest BCUT2D eigenvalue weighted by Gasteiger charge is 2.38. The fourth-order valence-corrected chi connectivity index (χ4v) is 7.90. The van der Waals surface area contributed by atoms with Gasteiger partial charge in [-0.3, -0.25) is 19.1 Å². The number of rotatable bonds is 9. The number of nitrogens with zero attached hydrogens (tertiary/aromatic N) is 5. The third kappa shape index (κ3) is 7.59. The van der Waals surface area contributed by atoms with Crippen molar-refractivity contribution in [1.29, 1.82) is 0 Å². The normalized spacial score (nSPS) is 20.4. The SMILES string of the molecule is COc1cc(C[PH](=O)O)ccc1Nc1ncc(C(F)(F)F)c(Nc2ccc([C@H]3CC[C@H](N4CCN(C(C)=O)CC4)CC3)c3c2C(=O)N(C)C3)n1. The molecule has 1 atom stereocenters. The fraction of sp³-hybridized carbons (Fsp3) is 0.471. The quantitative estimate of drug-likeness (QED) is 0.235. The van der Waals surface area contributed by atoms with Crippen LogP contribution < -0.4 is 15.4 Å². The van der Waals surface area contributed by atoms with E-state index >= 15 is 0 Å². The first-order chi connectivity index (χ1) is 23.8. The molecule has 1 saturated carbocycles. The summed E-state index contributed by atoms with van der Waals surface area (Å²) < 4.78 is 59.4. The molecule has 2 aromatic carbocycles. The first-order valence-electron chi connectivity index (χ1n) is 16.6. The monoisotopic (exact) mass is 715 g/mol. The number of nitrogens with one attached hydrogen (secondary N) is 2. The molecule has 12 nitrogen and oxygen atoms in total. The zero-order valence-electron chi connectivity index (χ0n) is 28.1. The Morgan fingerprint density at radius 2 is 1.76 bits per heavy atom. The van der Waals surface area contributed by atoms with Gasteiger partial charge in [0.15, 0.2) is 8.03 Å². The van der Waals surface area contributed by atoms with Gasteiger partial charge in [-0.2, -0.15) is 18.2 Å². The highest BCUT2D eigenvalue weighted by molar-refractivity contribution is 7.37. The number of amides is 2. The lowest BCUT2D eigenvalue weighted by Gasteiger charge is -2.42. The van der Waals surface area contributed by atoms with E-state index in [0.717, 1.165) is 63.0 Å². The summed E-state index contributed by atoms with van der Waals surface area (Å²) >= 11 is 0. The summed E-state index contributed by atoms with van der Waals surface area (Å²) in [6.45, 7) is 5.16. The van der Waals surface area contributed by atoms with E-state index in [4.69, 9.17) is 4.74 Å². The first kappa shape index (κ1) is 35.6.